The van der Waals surface area contributed by atoms with Crippen molar-refractivity contribution in [2.45, 2.75) is 0 Å². The molecule has 1 heterocycles. The molecule has 0 aliphatic heterocycles. The molecule has 2 rings (SSSR count). The Labute approximate surface area is 58.1 Å². The lowest BCUT2D eigenvalue weighted by Gasteiger charge is -1.91. The number of hydrogen-bond acceptors (Lipinski definition) is 1. The van der Waals surface area contributed by atoms with Crippen molar-refractivity contribution in [2.75, 3.05) is 0 Å². The minimum atomic E-state index is 0.277. The van der Waals surface area contributed by atoms with E-state index in [1.54, 1.807) is 18.2 Å². The van der Waals surface area contributed by atoms with E-state index in [2.05, 4.69) is 11.2 Å². The lowest BCUT2D eigenvalue weighted by Crippen LogP contribution is -1.67. The van der Waals surface area contributed by atoms with E-state index in [0.29, 0.717) is 0 Å². The van der Waals surface area contributed by atoms with Gasteiger partial charge in [0, 0.05) is 5.39 Å². The second-order valence-corrected chi connectivity index (χ2v) is 2.16. The Kier molecular flexibility index (Phi) is 0.947. The Morgan fingerprint density at radius 1 is 1.40 bits per heavy atom. The third-order valence-corrected chi connectivity index (χ3v) is 1.50. The molecule has 0 unspecified atom stereocenters. The summed E-state index contributed by atoms with van der Waals surface area (Å²) in [6.45, 7) is 0. The summed E-state index contributed by atoms with van der Waals surface area (Å²) in [4.78, 5) is 2.81. The number of aromatic hydroxyl groups is 1. The van der Waals surface area contributed by atoms with E-state index in [1.165, 1.54) is 0 Å². The lowest BCUT2D eigenvalue weighted by atomic mass is 10.2. The fraction of sp³-hybridized carbons (Fsp3) is 0. The summed E-state index contributed by atoms with van der Waals surface area (Å²) in [5.41, 5.74) is 0.752. The molecule has 0 bridgehead atoms. The van der Waals surface area contributed by atoms with E-state index < -0.39 is 0 Å². The zero-order chi connectivity index (χ0) is 6.97. The Morgan fingerprint density at radius 3 is 3.10 bits per heavy atom. The molecular formula is C8H6NO. The summed E-state index contributed by atoms with van der Waals surface area (Å²) in [6.07, 6.45) is 2.79. The van der Waals surface area contributed by atoms with Gasteiger partial charge in [-0.25, -0.2) is 0 Å². The zero-order valence-corrected chi connectivity index (χ0v) is 5.26. The number of para-hydroxylation sites is 1. The number of hydrogen-bond donors (Lipinski definition) is 2. The lowest BCUT2D eigenvalue weighted by molar-refractivity contribution is 0.480. The van der Waals surface area contributed by atoms with E-state index >= 15 is 0 Å². The van der Waals surface area contributed by atoms with Crippen molar-refractivity contribution in [3.8, 4) is 5.75 Å². The van der Waals surface area contributed by atoms with Crippen LogP contribution in [0.25, 0.3) is 10.9 Å². The van der Waals surface area contributed by atoms with Gasteiger partial charge in [0.05, 0.1) is 11.7 Å². The van der Waals surface area contributed by atoms with Gasteiger partial charge in [0.1, 0.15) is 5.75 Å². The number of aromatic nitrogens is 1. The van der Waals surface area contributed by atoms with Crippen molar-refractivity contribution in [2.24, 2.45) is 0 Å². The van der Waals surface area contributed by atoms with Crippen LogP contribution < -0.4 is 0 Å². The third kappa shape index (κ3) is 0.589. The summed E-state index contributed by atoms with van der Waals surface area (Å²) in [5.74, 6) is 0.277. The van der Waals surface area contributed by atoms with Crippen LogP contribution in [0.15, 0.2) is 24.3 Å². The smallest absolute Gasteiger partial charge is 0.139 e. The van der Waals surface area contributed by atoms with E-state index in [0.717, 1.165) is 10.9 Å². The summed E-state index contributed by atoms with van der Waals surface area (Å²) < 4.78 is 0. The SMILES string of the molecule is Oc1cccc2c[c][nH]c12. The summed E-state index contributed by atoms with van der Waals surface area (Å²) in [6, 6.07) is 7.17. The first kappa shape index (κ1) is 5.35. The van der Waals surface area contributed by atoms with Crippen LogP contribution >= 0.6 is 0 Å². The molecule has 49 valence electrons. The van der Waals surface area contributed by atoms with Gasteiger partial charge in [-0.2, -0.15) is 0 Å². The van der Waals surface area contributed by atoms with Crippen molar-refractivity contribution in [3.05, 3.63) is 30.5 Å². The van der Waals surface area contributed by atoms with Crippen molar-refractivity contribution >= 4 is 10.9 Å². The first-order valence-electron chi connectivity index (χ1n) is 3.04. The molecule has 0 saturated carbocycles. The maximum Gasteiger partial charge on any atom is 0.139 e. The number of rotatable bonds is 0. The number of H-pyrrole nitrogens is 1. The van der Waals surface area contributed by atoms with E-state index in [4.69, 9.17) is 0 Å². The molecule has 1 radical (unpaired) electrons. The molecule has 0 spiro atoms. The van der Waals surface area contributed by atoms with Crippen LogP contribution in [0.2, 0.25) is 0 Å². The van der Waals surface area contributed by atoms with Crippen LogP contribution in [-0.4, -0.2) is 10.1 Å². The number of aromatic amines is 1. The average Bonchev–Trinajstić information content (AvgIpc) is 2.36. The van der Waals surface area contributed by atoms with Crippen molar-refractivity contribution in [1.82, 2.24) is 4.98 Å². The zero-order valence-electron chi connectivity index (χ0n) is 5.26. The van der Waals surface area contributed by atoms with Crippen molar-refractivity contribution in [3.63, 3.8) is 0 Å². The fourth-order valence-corrected chi connectivity index (χ4v) is 1.000. The topological polar surface area (TPSA) is 36.0 Å². The standard InChI is InChI=1S/C8H6NO/c10-7-3-1-2-6-4-5-9-8(6)7/h1-4,9-10H. The molecule has 10 heavy (non-hydrogen) atoms. The average molecular weight is 132 g/mol. The highest BCUT2D eigenvalue weighted by Gasteiger charge is 1.96. The molecule has 0 aliphatic rings. The molecule has 2 heteroatoms. The van der Waals surface area contributed by atoms with E-state index in [-0.39, 0.29) is 5.75 Å². The Hall–Kier alpha value is -1.44. The molecule has 2 N–H and O–H groups in total. The van der Waals surface area contributed by atoms with Crippen LogP contribution in [0, 0.1) is 6.20 Å². The molecule has 0 amide bonds. The largest absolute Gasteiger partial charge is 0.506 e. The van der Waals surface area contributed by atoms with Gasteiger partial charge in [-0.15, -0.1) is 0 Å². The predicted molar refractivity (Wildman–Crippen MR) is 38.8 cm³/mol. The molecule has 1 aromatic carbocycles. The Bertz CT molecular complexity index is 351. The van der Waals surface area contributed by atoms with Gasteiger partial charge in [-0.3, -0.25) is 0 Å². The maximum absolute atomic E-state index is 9.21. The van der Waals surface area contributed by atoms with Gasteiger partial charge in [0.25, 0.3) is 0 Å². The van der Waals surface area contributed by atoms with E-state index in [9.17, 15) is 5.11 Å². The van der Waals surface area contributed by atoms with Gasteiger partial charge in [0.2, 0.25) is 0 Å². The number of phenols is 1. The number of fused-ring (bicyclic) bond motifs is 1. The molecule has 0 fully saturated rings. The minimum absolute atomic E-state index is 0.277. The van der Waals surface area contributed by atoms with Gasteiger partial charge < -0.3 is 10.1 Å². The normalized spacial score (nSPS) is 10.4. The van der Waals surface area contributed by atoms with Crippen molar-refractivity contribution < 1.29 is 5.11 Å². The predicted octanol–water partition coefficient (Wildman–Crippen LogP) is 1.67. The summed E-state index contributed by atoms with van der Waals surface area (Å²) >= 11 is 0. The monoisotopic (exact) mass is 132 g/mol. The second kappa shape index (κ2) is 1.77. The number of benzene rings is 1. The molecule has 2 nitrogen and oxygen atoms in total. The second-order valence-electron chi connectivity index (χ2n) is 2.16. The first-order valence-corrected chi connectivity index (χ1v) is 3.04. The molecule has 0 saturated heterocycles. The van der Waals surface area contributed by atoms with Crippen LogP contribution in [0.5, 0.6) is 5.75 Å². The fourth-order valence-electron chi connectivity index (χ4n) is 1.000. The first-order chi connectivity index (χ1) is 4.88. The van der Waals surface area contributed by atoms with Gasteiger partial charge >= 0.3 is 0 Å². The minimum Gasteiger partial charge on any atom is -0.506 e. The molecular weight excluding hydrogens is 126 g/mol. The van der Waals surface area contributed by atoms with Crippen LogP contribution in [0.1, 0.15) is 0 Å². The number of nitrogens with one attached hydrogen (secondary N) is 1. The number of phenolic OH excluding ortho intramolecular Hbond substituents is 1. The maximum atomic E-state index is 9.21. The molecule has 0 atom stereocenters. The summed E-state index contributed by atoms with van der Waals surface area (Å²) in [7, 11) is 0. The third-order valence-electron chi connectivity index (χ3n) is 1.50. The van der Waals surface area contributed by atoms with E-state index in [1.807, 2.05) is 6.07 Å². The van der Waals surface area contributed by atoms with Gasteiger partial charge in [-0.05, 0) is 12.1 Å². The van der Waals surface area contributed by atoms with Crippen LogP contribution in [0.4, 0.5) is 0 Å². The highest BCUT2D eigenvalue weighted by atomic mass is 16.3. The molecule has 1 aromatic heterocycles. The van der Waals surface area contributed by atoms with Gasteiger partial charge in [-0.1, -0.05) is 12.1 Å². The Morgan fingerprint density at radius 2 is 2.30 bits per heavy atom. The quantitative estimate of drug-likeness (QED) is 0.562. The molecule has 2 aromatic rings. The van der Waals surface area contributed by atoms with Crippen LogP contribution in [-0.2, 0) is 0 Å². The summed E-state index contributed by atoms with van der Waals surface area (Å²) in [5, 5.41) is 10.2. The molecule has 0 aliphatic carbocycles. The van der Waals surface area contributed by atoms with Gasteiger partial charge in [0.15, 0.2) is 0 Å². The van der Waals surface area contributed by atoms with Crippen LogP contribution in [0.3, 0.4) is 0 Å². The highest BCUT2D eigenvalue weighted by molar-refractivity contribution is 5.84. The van der Waals surface area contributed by atoms with Crippen molar-refractivity contribution in [1.29, 1.82) is 0 Å². The highest BCUT2D eigenvalue weighted by Crippen LogP contribution is 2.21. The Balaban J connectivity index is 2.95.